The van der Waals surface area contributed by atoms with Gasteiger partial charge in [-0.1, -0.05) is 6.07 Å². The van der Waals surface area contributed by atoms with Crippen LogP contribution in [0, 0.1) is 5.82 Å². The van der Waals surface area contributed by atoms with E-state index in [2.05, 4.69) is 21.2 Å². The summed E-state index contributed by atoms with van der Waals surface area (Å²) >= 11 is 3.01. The molecule has 1 heterocycles. The molecule has 70 valence electrons. The third kappa shape index (κ3) is 1.44. The fourth-order valence-corrected chi connectivity index (χ4v) is 1.71. The molecule has 2 N–H and O–H groups in total. The van der Waals surface area contributed by atoms with Crippen molar-refractivity contribution in [1.29, 1.82) is 0 Å². The maximum Gasteiger partial charge on any atom is 0.179 e. The fraction of sp³-hybridized carbons (Fsp3) is 0.333. The van der Waals surface area contributed by atoms with Crippen molar-refractivity contribution in [2.75, 3.05) is 6.54 Å². The van der Waals surface area contributed by atoms with Crippen molar-refractivity contribution < 1.29 is 9.50 Å². The Morgan fingerprint density at radius 3 is 2.77 bits per heavy atom. The summed E-state index contributed by atoms with van der Waals surface area (Å²) in [6.07, 6.45) is 0.953. The lowest BCUT2D eigenvalue weighted by Gasteiger charge is -2.28. The van der Waals surface area contributed by atoms with Crippen molar-refractivity contribution in [3.63, 3.8) is 0 Å². The Hall–Kier alpha value is -0.610. The summed E-state index contributed by atoms with van der Waals surface area (Å²) in [6.45, 7) is 0.932. The second-order valence-electron chi connectivity index (χ2n) is 3.09. The number of nitrogens with one attached hydrogen (secondary N) is 1. The Balaban J connectivity index is 2.41. The molecule has 1 aliphatic rings. The van der Waals surface area contributed by atoms with Crippen molar-refractivity contribution in [2.45, 2.75) is 12.5 Å². The maximum absolute atomic E-state index is 13.2. The highest BCUT2D eigenvalue weighted by Crippen LogP contribution is 2.35. The molecule has 4 heteroatoms. The number of phenols is 1. The second-order valence-corrected chi connectivity index (χ2v) is 3.95. The third-order valence-electron chi connectivity index (χ3n) is 2.30. The Kier molecular flexibility index (Phi) is 2.26. The van der Waals surface area contributed by atoms with Gasteiger partial charge >= 0.3 is 0 Å². The molecule has 1 atom stereocenters. The molecular formula is C9H9BrFNO. The van der Waals surface area contributed by atoms with Crippen LogP contribution >= 0.6 is 15.9 Å². The molecule has 0 aliphatic carbocycles. The van der Waals surface area contributed by atoms with Crippen LogP contribution in [0.4, 0.5) is 4.39 Å². The average Bonchev–Trinajstić information content (AvgIpc) is 2.03. The summed E-state index contributed by atoms with van der Waals surface area (Å²) in [5.41, 5.74) is 0.645. The number of phenolic OH excluding ortho intramolecular Hbond substituents is 1. The molecule has 0 amide bonds. The van der Waals surface area contributed by atoms with Crippen molar-refractivity contribution in [1.82, 2.24) is 5.32 Å². The number of halogens is 2. The molecule has 2 rings (SSSR count). The molecule has 1 aromatic rings. The molecule has 1 aliphatic heterocycles. The van der Waals surface area contributed by atoms with Crippen LogP contribution in [0.2, 0.25) is 0 Å². The van der Waals surface area contributed by atoms with E-state index in [9.17, 15) is 9.50 Å². The molecule has 1 saturated heterocycles. The van der Waals surface area contributed by atoms with Crippen LogP contribution < -0.4 is 5.32 Å². The smallest absolute Gasteiger partial charge is 0.179 e. The van der Waals surface area contributed by atoms with Crippen LogP contribution in [0.1, 0.15) is 18.0 Å². The number of benzene rings is 1. The average molecular weight is 246 g/mol. The Morgan fingerprint density at radius 2 is 2.23 bits per heavy atom. The van der Waals surface area contributed by atoms with Crippen molar-refractivity contribution in [3.8, 4) is 5.75 Å². The lowest BCUT2D eigenvalue weighted by atomic mass is 9.97. The normalized spacial score (nSPS) is 21.2. The summed E-state index contributed by atoms with van der Waals surface area (Å²) < 4.78 is 13.5. The predicted molar refractivity (Wildman–Crippen MR) is 51.1 cm³/mol. The SMILES string of the molecule is Oc1c([C@@H]2CCN2)ccc(Br)c1F. The number of aromatic hydroxyl groups is 1. The zero-order chi connectivity index (χ0) is 9.42. The van der Waals surface area contributed by atoms with Gasteiger partial charge in [0.1, 0.15) is 0 Å². The first kappa shape index (κ1) is 8.97. The Morgan fingerprint density at radius 1 is 1.54 bits per heavy atom. The lowest BCUT2D eigenvalue weighted by Crippen LogP contribution is -2.35. The van der Waals surface area contributed by atoms with E-state index in [1.54, 1.807) is 12.1 Å². The molecule has 2 nitrogen and oxygen atoms in total. The minimum Gasteiger partial charge on any atom is -0.505 e. The Labute approximate surface area is 83.9 Å². The highest BCUT2D eigenvalue weighted by molar-refractivity contribution is 9.10. The predicted octanol–water partition coefficient (Wildman–Crippen LogP) is 2.33. The van der Waals surface area contributed by atoms with E-state index < -0.39 is 5.82 Å². The standard InChI is InChI=1S/C9H9BrFNO/c10-6-2-1-5(7-3-4-12-7)9(13)8(6)11/h1-2,7,12-13H,3-4H2/t7-/m0/s1. The molecule has 0 saturated carbocycles. The van der Waals surface area contributed by atoms with Gasteiger partial charge in [0, 0.05) is 11.6 Å². The van der Waals surface area contributed by atoms with Gasteiger partial charge < -0.3 is 10.4 Å². The van der Waals surface area contributed by atoms with Gasteiger partial charge in [-0.15, -0.1) is 0 Å². The zero-order valence-corrected chi connectivity index (χ0v) is 8.44. The molecule has 0 aromatic heterocycles. The van der Waals surface area contributed by atoms with Crippen molar-refractivity contribution in [3.05, 3.63) is 28.0 Å². The minimum atomic E-state index is -0.578. The molecule has 13 heavy (non-hydrogen) atoms. The minimum absolute atomic E-state index is 0.114. The number of hydrogen-bond donors (Lipinski definition) is 2. The highest BCUT2D eigenvalue weighted by Gasteiger charge is 2.23. The summed E-state index contributed by atoms with van der Waals surface area (Å²) in [5, 5.41) is 12.6. The van der Waals surface area contributed by atoms with Crippen molar-refractivity contribution >= 4 is 15.9 Å². The number of hydrogen-bond acceptors (Lipinski definition) is 2. The molecule has 1 fully saturated rings. The van der Waals surface area contributed by atoms with Crippen molar-refractivity contribution in [2.24, 2.45) is 0 Å². The van der Waals surface area contributed by atoms with E-state index in [1.165, 1.54) is 0 Å². The summed E-state index contributed by atoms with van der Waals surface area (Å²) in [4.78, 5) is 0. The van der Waals surface area contributed by atoms with E-state index in [0.717, 1.165) is 13.0 Å². The van der Waals surface area contributed by atoms with Gasteiger partial charge in [-0.05, 0) is 35.0 Å². The van der Waals surface area contributed by atoms with Crippen LogP contribution in [0.5, 0.6) is 5.75 Å². The second kappa shape index (κ2) is 3.27. The Bertz CT molecular complexity index is 339. The van der Waals surface area contributed by atoms with Gasteiger partial charge in [-0.2, -0.15) is 0 Å². The van der Waals surface area contributed by atoms with Gasteiger partial charge in [-0.25, -0.2) is 4.39 Å². The van der Waals surface area contributed by atoms with Gasteiger partial charge in [-0.3, -0.25) is 0 Å². The van der Waals surface area contributed by atoms with Gasteiger partial charge in [0.15, 0.2) is 11.6 Å². The van der Waals surface area contributed by atoms with Gasteiger partial charge in [0.25, 0.3) is 0 Å². The lowest BCUT2D eigenvalue weighted by molar-refractivity contribution is 0.354. The highest BCUT2D eigenvalue weighted by atomic mass is 79.9. The van der Waals surface area contributed by atoms with E-state index in [-0.39, 0.29) is 11.8 Å². The third-order valence-corrected chi connectivity index (χ3v) is 2.91. The molecule has 0 radical (unpaired) electrons. The molecule has 1 aromatic carbocycles. The van der Waals surface area contributed by atoms with Gasteiger partial charge in [0.2, 0.25) is 0 Å². The van der Waals surface area contributed by atoms with Crippen LogP contribution in [-0.2, 0) is 0 Å². The largest absolute Gasteiger partial charge is 0.505 e. The van der Waals surface area contributed by atoms with Gasteiger partial charge in [0.05, 0.1) is 4.47 Å². The first-order valence-electron chi connectivity index (χ1n) is 4.10. The van der Waals surface area contributed by atoms with E-state index in [0.29, 0.717) is 10.0 Å². The van der Waals surface area contributed by atoms with Crippen LogP contribution in [0.15, 0.2) is 16.6 Å². The fourth-order valence-electron chi connectivity index (χ4n) is 1.39. The van der Waals surface area contributed by atoms with Crippen LogP contribution in [0.25, 0.3) is 0 Å². The summed E-state index contributed by atoms with van der Waals surface area (Å²) in [5.74, 6) is -0.822. The summed E-state index contributed by atoms with van der Waals surface area (Å²) in [6, 6.07) is 3.46. The first-order valence-corrected chi connectivity index (χ1v) is 4.89. The molecule has 0 spiro atoms. The topological polar surface area (TPSA) is 32.3 Å². The summed E-state index contributed by atoms with van der Waals surface area (Å²) in [7, 11) is 0. The maximum atomic E-state index is 13.2. The quantitative estimate of drug-likeness (QED) is 0.797. The van der Waals surface area contributed by atoms with Crippen LogP contribution in [0.3, 0.4) is 0 Å². The molecule has 0 unspecified atom stereocenters. The molecule has 0 bridgehead atoms. The number of rotatable bonds is 1. The van der Waals surface area contributed by atoms with Crippen LogP contribution in [-0.4, -0.2) is 11.7 Å². The van der Waals surface area contributed by atoms with E-state index >= 15 is 0 Å². The zero-order valence-electron chi connectivity index (χ0n) is 6.85. The van der Waals surface area contributed by atoms with E-state index in [4.69, 9.17) is 0 Å². The monoisotopic (exact) mass is 245 g/mol. The van der Waals surface area contributed by atoms with E-state index in [1.807, 2.05) is 0 Å². The first-order chi connectivity index (χ1) is 6.20. The molecular weight excluding hydrogens is 237 g/mol.